The second-order valence-electron chi connectivity index (χ2n) is 10.2. The standard InChI is InChI=1S/C28H26N4O4/c1-28-25(35-3)21(29-2)24(33)27(36-28)31-16-10-6-4-8-13(16)19-20-15(12-30-26(20)34)18-14-9-5-7-11-17(14)32(28)23(18)22(19)31/h4-11,21,24-25,27,29,33H,12H2,1-3H3,(H,30,34)/t21-,24-,25-,27-,28+/m1/s1. The lowest BCUT2D eigenvalue weighted by molar-refractivity contribution is -0.289. The van der Waals surface area contributed by atoms with Crippen LogP contribution in [-0.4, -0.2) is 52.6 Å². The van der Waals surface area contributed by atoms with Crippen LogP contribution in [0.2, 0.25) is 0 Å². The maximum Gasteiger partial charge on any atom is 0.252 e. The van der Waals surface area contributed by atoms with Crippen molar-refractivity contribution >= 4 is 49.5 Å². The molecule has 0 spiro atoms. The largest absolute Gasteiger partial charge is 0.387 e. The highest BCUT2D eigenvalue weighted by Crippen LogP contribution is 2.53. The van der Waals surface area contributed by atoms with Gasteiger partial charge < -0.3 is 34.3 Å². The molecule has 1 amide bonds. The second-order valence-corrected chi connectivity index (χ2v) is 10.2. The number of aliphatic hydroxyl groups is 1. The molecule has 1 saturated heterocycles. The lowest BCUT2D eigenvalue weighted by Gasteiger charge is -2.50. The number of fused-ring (bicyclic) bond motifs is 13. The Hall–Kier alpha value is -3.43. The van der Waals surface area contributed by atoms with Gasteiger partial charge in [0.05, 0.1) is 33.7 Å². The van der Waals surface area contributed by atoms with Crippen molar-refractivity contribution in [2.24, 2.45) is 0 Å². The van der Waals surface area contributed by atoms with Crippen LogP contribution in [-0.2, 0) is 21.7 Å². The maximum atomic E-state index is 13.3. The first-order valence-corrected chi connectivity index (χ1v) is 12.4. The zero-order valence-corrected chi connectivity index (χ0v) is 20.2. The predicted octanol–water partition coefficient (Wildman–Crippen LogP) is 3.32. The van der Waals surface area contributed by atoms with Crippen LogP contribution in [0, 0.1) is 0 Å². The number of carbonyl (C=O) groups is 1. The quantitative estimate of drug-likeness (QED) is 0.359. The normalized spacial score (nSPS) is 28.9. The van der Waals surface area contributed by atoms with Crippen molar-refractivity contribution in [3.63, 3.8) is 0 Å². The minimum Gasteiger partial charge on any atom is -0.387 e. The monoisotopic (exact) mass is 482 g/mol. The van der Waals surface area contributed by atoms with Crippen LogP contribution in [0.15, 0.2) is 48.5 Å². The molecule has 36 heavy (non-hydrogen) atoms. The van der Waals surface area contributed by atoms with Gasteiger partial charge in [-0.25, -0.2) is 0 Å². The van der Waals surface area contributed by atoms with Crippen molar-refractivity contribution in [2.75, 3.05) is 14.2 Å². The SMILES string of the molecule is CN[C@@H]1[C@@H](O)[C@H]2O[C@@](C)([C@@H]1OC)n1c3ccccc3c3c4c(c5c6ccccc6n2c5c31)C(=O)NC4. The Labute approximate surface area is 206 Å². The molecule has 3 N–H and O–H groups in total. The van der Waals surface area contributed by atoms with E-state index >= 15 is 0 Å². The number of hydrogen-bond acceptors (Lipinski definition) is 5. The number of likely N-dealkylation sites (N-methyl/N-ethyl adjacent to an activating group) is 1. The van der Waals surface area contributed by atoms with E-state index in [-0.39, 0.29) is 5.91 Å². The number of benzene rings is 3. The van der Waals surface area contributed by atoms with Crippen LogP contribution < -0.4 is 10.6 Å². The number of aromatic nitrogens is 2. The van der Waals surface area contributed by atoms with Gasteiger partial charge in [0.15, 0.2) is 12.0 Å². The average molecular weight is 483 g/mol. The Balaban J connectivity index is 1.73. The number of carbonyl (C=O) groups excluding carboxylic acids is 1. The fourth-order valence-corrected chi connectivity index (χ4v) is 7.35. The van der Waals surface area contributed by atoms with E-state index in [2.05, 4.69) is 38.0 Å². The van der Waals surface area contributed by atoms with Crippen molar-refractivity contribution in [3.05, 3.63) is 59.7 Å². The lowest BCUT2D eigenvalue weighted by Crippen LogP contribution is -2.65. The summed E-state index contributed by atoms with van der Waals surface area (Å²) in [4.78, 5) is 13.3. The number of rotatable bonds is 2. The second kappa shape index (κ2) is 6.66. The molecule has 1 fully saturated rings. The molecule has 3 aliphatic heterocycles. The molecule has 182 valence electrons. The maximum absolute atomic E-state index is 13.3. The minimum absolute atomic E-state index is 0.0607. The first-order chi connectivity index (χ1) is 17.5. The van der Waals surface area contributed by atoms with E-state index in [1.165, 1.54) is 0 Å². The number of methoxy groups -OCH3 is 1. The Kier molecular flexibility index (Phi) is 3.83. The van der Waals surface area contributed by atoms with Crippen molar-refractivity contribution in [1.82, 2.24) is 19.8 Å². The van der Waals surface area contributed by atoms with Gasteiger partial charge in [-0.2, -0.15) is 0 Å². The summed E-state index contributed by atoms with van der Waals surface area (Å²) in [5, 5.41) is 22.1. The molecule has 8 rings (SSSR count). The third kappa shape index (κ3) is 2.11. The molecule has 0 radical (unpaired) electrons. The summed E-state index contributed by atoms with van der Waals surface area (Å²) in [6.07, 6.45) is -2.06. The van der Waals surface area contributed by atoms with Crippen LogP contribution in [0.4, 0.5) is 0 Å². The number of hydrogen-bond donors (Lipinski definition) is 3. The van der Waals surface area contributed by atoms with Gasteiger partial charge >= 0.3 is 0 Å². The van der Waals surface area contributed by atoms with Gasteiger partial charge in [-0.15, -0.1) is 0 Å². The highest BCUT2D eigenvalue weighted by molar-refractivity contribution is 6.31. The number of ether oxygens (including phenoxy) is 2. The number of nitrogens with zero attached hydrogens (tertiary/aromatic N) is 2. The topological polar surface area (TPSA) is 89.7 Å². The summed E-state index contributed by atoms with van der Waals surface area (Å²) in [6.45, 7) is 2.53. The van der Waals surface area contributed by atoms with E-state index in [1.54, 1.807) is 7.11 Å². The average Bonchev–Trinajstić information content (AvgIpc) is 3.52. The van der Waals surface area contributed by atoms with Gasteiger partial charge in [0.25, 0.3) is 5.91 Å². The van der Waals surface area contributed by atoms with Crippen molar-refractivity contribution < 1.29 is 19.4 Å². The minimum atomic E-state index is -0.939. The lowest BCUT2D eigenvalue weighted by atomic mass is 9.91. The summed E-state index contributed by atoms with van der Waals surface area (Å²) >= 11 is 0. The molecule has 5 heterocycles. The molecule has 5 atom stereocenters. The van der Waals surface area contributed by atoms with Crippen LogP contribution >= 0.6 is 0 Å². The molecular weight excluding hydrogens is 456 g/mol. The molecule has 3 aromatic carbocycles. The summed E-state index contributed by atoms with van der Waals surface area (Å²) in [7, 11) is 3.51. The Morgan fingerprint density at radius 3 is 2.50 bits per heavy atom. The van der Waals surface area contributed by atoms with Gasteiger partial charge in [0, 0.05) is 35.2 Å². The van der Waals surface area contributed by atoms with Gasteiger partial charge in [0.2, 0.25) is 0 Å². The van der Waals surface area contributed by atoms with E-state index < -0.39 is 30.2 Å². The first kappa shape index (κ1) is 20.7. The Morgan fingerprint density at radius 1 is 1.08 bits per heavy atom. The summed E-state index contributed by atoms with van der Waals surface area (Å²) in [5.74, 6) is -0.0607. The molecule has 8 heteroatoms. The fraction of sp³-hybridized carbons (Fsp3) is 0.321. The van der Waals surface area contributed by atoms with E-state index in [9.17, 15) is 9.90 Å². The molecule has 2 bridgehead atoms. The van der Waals surface area contributed by atoms with E-state index in [4.69, 9.17) is 9.47 Å². The van der Waals surface area contributed by atoms with E-state index in [0.29, 0.717) is 6.54 Å². The molecular formula is C28H26N4O4. The van der Waals surface area contributed by atoms with E-state index in [1.807, 2.05) is 44.3 Å². The first-order valence-electron chi connectivity index (χ1n) is 12.4. The number of aliphatic hydroxyl groups excluding tert-OH is 1. The molecule has 0 saturated carbocycles. The number of amides is 1. The molecule has 0 unspecified atom stereocenters. The van der Waals surface area contributed by atoms with Crippen LogP contribution in [0.1, 0.15) is 29.1 Å². The van der Waals surface area contributed by atoms with Crippen molar-refractivity contribution in [1.29, 1.82) is 0 Å². The summed E-state index contributed by atoms with van der Waals surface area (Å²) in [5.41, 5.74) is 4.66. The van der Waals surface area contributed by atoms with Crippen LogP contribution in [0.25, 0.3) is 43.6 Å². The highest BCUT2D eigenvalue weighted by Gasteiger charge is 2.56. The summed E-state index contributed by atoms with van der Waals surface area (Å²) < 4.78 is 17.4. The molecule has 5 aromatic rings. The van der Waals surface area contributed by atoms with Crippen LogP contribution in [0.3, 0.4) is 0 Å². The Bertz CT molecular complexity index is 1790. The molecule has 8 nitrogen and oxygen atoms in total. The number of para-hydroxylation sites is 2. The zero-order valence-electron chi connectivity index (χ0n) is 20.2. The molecule has 0 aliphatic carbocycles. The third-order valence-corrected chi connectivity index (χ3v) is 8.68. The fourth-order valence-electron chi connectivity index (χ4n) is 7.35. The van der Waals surface area contributed by atoms with Crippen molar-refractivity contribution in [3.8, 4) is 0 Å². The van der Waals surface area contributed by atoms with Gasteiger partial charge in [0.1, 0.15) is 12.2 Å². The molecule has 3 aliphatic rings. The zero-order chi connectivity index (χ0) is 24.5. The Morgan fingerprint density at radius 2 is 1.78 bits per heavy atom. The number of nitrogens with one attached hydrogen (secondary N) is 2. The highest BCUT2D eigenvalue weighted by atomic mass is 16.6. The summed E-state index contributed by atoms with van der Waals surface area (Å²) in [6, 6.07) is 16.0. The van der Waals surface area contributed by atoms with E-state index in [0.717, 1.165) is 54.7 Å². The van der Waals surface area contributed by atoms with Gasteiger partial charge in [-0.05, 0) is 31.7 Å². The predicted molar refractivity (Wildman–Crippen MR) is 137 cm³/mol. The van der Waals surface area contributed by atoms with Gasteiger partial charge in [-0.3, -0.25) is 4.79 Å². The third-order valence-electron chi connectivity index (χ3n) is 8.68. The molecule has 2 aromatic heterocycles. The van der Waals surface area contributed by atoms with Crippen LogP contribution in [0.5, 0.6) is 0 Å². The van der Waals surface area contributed by atoms with Crippen molar-refractivity contribution in [2.45, 2.75) is 43.7 Å². The smallest absolute Gasteiger partial charge is 0.252 e. The van der Waals surface area contributed by atoms with Gasteiger partial charge in [-0.1, -0.05) is 36.4 Å².